The van der Waals surface area contributed by atoms with E-state index in [0.717, 1.165) is 32.1 Å². The van der Waals surface area contributed by atoms with Crippen molar-refractivity contribution in [3.8, 4) is 0 Å². The molecule has 13 heteroatoms. The first kappa shape index (κ1) is 27.7. The van der Waals surface area contributed by atoms with Crippen molar-refractivity contribution in [2.24, 2.45) is 0 Å². The summed E-state index contributed by atoms with van der Waals surface area (Å²) in [5, 5.41) is 3.18. The maximum absolute atomic E-state index is 12.8. The van der Waals surface area contributed by atoms with Crippen LogP contribution in [0.15, 0.2) is 36.5 Å². The second kappa shape index (κ2) is 12.4. The van der Waals surface area contributed by atoms with Crippen LogP contribution in [0, 0.1) is 0 Å². The maximum Gasteiger partial charge on any atom is 0.303 e. The Hall–Kier alpha value is -3.84. The van der Waals surface area contributed by atoms with Gasteiger partial charge in [-0.3, -0.25) is 24.0 Å². The molecule has 2 aromatic rings. The van der Waals surface area contributed by atoms with E-state index in [4.69, 9.17) is 23.7 Å². The number of nitrogens with zero attached hydrogens (tertiary/aromatic N) is 1. The van der Waals surface area contributed by atoms with Gasteiger partial charge >= 0.3 is 23.9 Å². The van der Waals surface area contributed by atoms with Crippen molar-refractivity contribution in [2.75, 3.05) is 11.9 Å². The van der Waals surface area contributed by atoms with Gasteiger partial charge in [-0.2, -0.15) is 0 Å². The summed E-state index contributed by atoms with van der Waals surface area (Å²) >= 11 is 1.03. The minimum absolute atomic E-state index is 0.236. The predicted molar refractivity (Wildman–Crippen MR) is 128 cm³/mol. The number of ketones is 1. The summed E-state index contributed by atoms with van der Waals surface area (Å²) in [5.74, 6) is -3.05. The van der Waals surface area contributed by atoms with Crippen molar-refractivity contribution in [2.45, 2.75) is 58.3 Å². The van der Waals surface area contributed by atoms with Crippen molar-refractivity contribution in [1.82, 2.24) is 4.98 Å². The first-order valence-electron chi connectivity index (χ1n) is 11.2. The number of nitrogens with one attached hydrogen (secondary N) is 1. The number of rotatable bonds is 9. The standard InChI is InChI=1S/C24H26N2O10S/c1-12(27)32-11-17-20(33-13(2)28)21(34-14(3)29)22(35-15(4)30)23(36-17)26-24-25-10-18(37-24)19(31)16-8-6-5-7-9-16/h5-10,17,20-23H,11H2,1-4H3,(H,25,26)/t17-,20-,21+,22+,23+/m1/s1. The number of ether oxygens (including phenoxy) is 5. The van der Waals surface area contributed by atoms with Crippen LogP contribution in [0.3, 0.4) is 0 Å². The number of esters is 4. The van der Waals surface area contributed by atoms with E-state index in [2.05, 4.69) is 10.3 Å². The van der Waals surface area contributed by atoms with E-state index in [-0.39, 0.29) is 17.5 Å². The molecule has 1 aliphatic heterocycles. The zero-order valence-electron chi connectivity index (χ0n) is 20.5. The molecule has 0 bridgehead atoms. The lowest BCUT2D eigenvalue weighted by Crippen LogP contribution is -2.64. The highest BCUT2D eigenvalue weighted by atomic mass is 32.1. The van der Waals surface area contributed by atoms with E-state index in [0.29, 0.717) is 10.4 Å². The molecule has 0 unspecified atom stereocenters. The summed E-state index contributed by atoms with van der Waals surface area (Å²) in [7, 11) is 0. The highest BCUT2D eigenvalue weighted by Gasteiger charge is 2.52. The summed E-state index contributed by atoms with van der Waals surface area (Å²) in [6.45, 7) is 4.25. The maximum atomic E-state index is 12.8. The molecule has 1 aromatic heterocycles. The Morgan fingerprint density at radius 2 is 1.46 bits per heavy atom. The SMILES string of the molecule is CC(=O)OC[C@H]1O[C@H](Nc2ncc(C(=O)c3ccccc3)s2)[C@@H](OC(C)=O)[C@@H](OC(C)=O)[C@@H]1OC(C)=O. The first-order valence-corrected chi connectivity index (χ1v) is 12.0. The van der Waals surface area contributed by atoms with E-state index >= 15 is 0 Å². The minimum atomic E-state index is -1.32. The molecule has 5 atom stereocenters. The molecule has 37 heavy (non-hydrogen) atoms. The molecule has 3 rings (SSSR count). The van der Waals surface area contributed by atoms with Gasteiger partial charge in [-0.05, 0) is 0 Å². The fourth-order valence-electron chi connectivity index (χ4n) is 3.64. The van der Waals surface area contributed by atoms with Gasteiger partial charge in [0.2, 0.25) is 5.78 Å². The number of thiazole rings is 1. The third kappa shape index (κ3) is 7.57. The molecule has 0 radical (unpaired) electrons. The Morgan fingerprint density at radius 1 is 0.865 bits per heavy atom. The zero-order valence-corrected chi connectivity index (χ0v) is 21.3. The minimum Gasteiger partial charge on any atom is -0.463 e. The third-order valence-corrected chi connectivity index (χ3v) is 5.95. The normalized spacial score (nSPS) is 22.9. The van der Waals surface area contributed by atoms with Crippen LogP contribution in [-0.4, -0.2) is 71.9 Å². The molecular formula is C24H26N2O10S. The number of anilines is 1. The molecule has 0 aliphatic carbocycles. The number of benzene rings is 1. The third-order valence-electron chi connectivity index (χ3n) is 5.02. The molecule has 1 N–H and O–H groups in total. The number of carbonyl (C=O) groups is 5. The van der Waals surface area contributed by atoms with Gasteiger partial charge in [0.1, 0.15) is 12.7 Å². The van der Waals surface area contributed by atoms with Crippen LogP contribution in [0.2, 0.25) is 0 Å². The molecular weight excluding hydrogens is 508 g/mol. The van der Waals surface area contributed by atoms with Crippen LogP contribution in [0.5, 0.6) is 0 Å². The lowest BCUT2D eigenvalue weighted by atomic mass is 9.97. The molecule has 12 nitrogen and oxygen atoms in total. The second-order valence-corrected chi connectivity index (χ2v) is 9.02. The summed E-state index contributed by atoms with van der Waals surface area (Å²) in [6.07, 6.45) is -4.79. The topological polar surface area (TPSA) is 156 Å². The Kier molecular flexibility index (Phi) is 9.31. The van der Waals surface area contributed by atoms with E-state index < -0.39 is 54.5 Å². The van der Waals surface area contributed by atoms with Crippen molar-refractivity contribution in [3.63, 3.8) is 0 Å². The molecule has 1 fully saturated rings. The Bertz CT molecular complexity index is 1150. The largest absolute Gasteiger partial charge is 0.463 e. The quantitative estimate of drug-likeness (QED) is 0.283. The monoisotopic (exact) mass is 534 g/mol. The molecule has 1 aromatic carbocycles. The van der Waals surface area contributed by atoms with Crippen LogP contribution < -0.4 is 5.32 Å². The fourth-order valence-corrected chi connectivity index (χ4v) is 4.45. The van der Waals surface area contributed by atoms with Crippen LogP contribution >= 0.6 is 11.3 Å². The highest BCUT2D eigenvalue weighted by molar-refractivity contribution is 7.17. The van der Waals surface area contributed by atoms with Gasteiger partial charge in [-0.15, -0.1) is 0 Å². The highest BCUT2D eigenvalue weighted by Crippen LogP contribution is 2.31. The van der Waals surface area contributed by atoms with Crippen LogP contribution in [0.1, 0.15) is 42.9 Å². The van der Waals surface area contributed by atoms with Crippen molar-refractivity contribution < 1.29 is 47.7 Å². The first-order chi connectivity index (χ1) is 17.5. The van der Waals surface area contributed by atoms with Gasteiger partial charge in [-0.25, -0.2) is 4.98 Å². The second-order valence-electron chi connectivity index (χ2n) is 7.99. The lowest BCUT2D eigenvalue weighted by Gasteiger charge is -2.44. The summed E-state index contributed by atoms with van der Waals surface area (Å²) < 4.78 is 27.2. The van der Waals surface area contributed by atoms with Crippen molar-refractivity contribution >= 4 is 46.1 Å². The molecule has 1 saturated heterocycles. The van der Waals surface area contributed by atoms with E-state index in [1.807, 2.05) is 0 Å². The number of carbonyl (C=O) groups excluding carboxylic acids is 5. The number of hydrogen-bond donors (Lipinski definition) is 1. The number of hydrogen-bond acceptors (Lipinski definition) is 13. The molecule has 1 aliphatic rings. The van der Waals surface area contributed by atoms with Crippen molar-refractivity contribution in [3.05, 3.63) is 47.0 Å². The van der Waals surface area contributed by atoms with E-state index in [1.54, 1.807) is 30.3 Å². The molecule has 198 valence electrons. The summed E-state index contributed by atoms with van der Waals surface area (Å²) in [6, 6.07) is 8.62. The Balaban J connectivity index is 1.92. The predicted octanol–water partition coefficient (Wildman–Crippen LogP) is 1.87. The lowest BCUT2D eigenvalue weighted by molar-refractivity contribution is -0.247. The average molecular weight is 535 g/mol. The van der Waals surface area contributed by atoms with Gasteiger partial charge in [-0.1, -0.05) is 41.7 Å². The van der Waals surface area contributed by atoms with Gasteiger partial charge in [0, 0.05) is 33.3 Å². The van der Waals surface area contributed by atoms with Gasteiger partial charge in [0.15, 0.2) is 29.7 Å². The van der Waals surface area contributed by atoms with Gasteiger partial charge in [0.25, 0.3) is 0 Å². The van der Waals surface area contributed by atoms with Crippen LogP contribution in [-0.2, 0) is 42.9 Å². The summed E-state index contributed by atoms with van der Waals surface area (Å²) in [4.78, 5) is 64.4. The molecule has 0 saturated carbocycles. The van der Waals surface area contributed by atoms with Crippen LogP contribution in [0.4, 0.5) is 5.13 Å². The summed E-state index contributed by atoms with van der Waals surface area (Å²) in [5.41, 5.74) is 0.477. The molecule has 0 amide bonds. The smallest absolute Gasteiger partial charge is 0.303 e. The van der Waals surface area contributed by atoms with Gasteiger partial charge in [0.05, 0.1) is 11.1 Å². The van der Waals surface area contributed by atoms with Gasteiger partial charge < -0.3 is 29.0 Å². The average Bonchev–Trinajstić information content (AvgIpc) is 3.29. The molecule has 2 heterocycles. The molecule has 0 spiro atoms. The van der Waals surface area contributed by atoms with Crippen molar-refractivity contribution in [1.29, 1.82) is 0 Å². The zero-order chi connectivity index (χ0) is 27.1. The number of aromatic nitrogens is 1. The fraction of sp³-hybridized carbons (Fsp3) is 0.417. The van der Waals surface area contributed by atoms with Crippen LogP contribution in [0.25, 0.3) is 0 Å². The Labute approximate surface area is 216 Å². The van der Waals surface area contributed by atoms with E-state index in [9.17, 15) is 24.0 Å². The Morgan fingerprint density at radius 3 is 2.05 bits per heavy atom. The van der Waals surface area contributed by atoms with E-state index in [1.165, 1.54) is 13.1 Å².